The molecular weight excluding hydrogens is 452 g/mol. The zero-order chi connectivity index (χ0) is 25.1. The van der Waals surface area contributed by atoms with Crippen molar-refractivity contribution in [2.45, 2.75) is 96.9 Å². The largest absolute Gasteiger partial charge is 0.377 e. The lowest BCUT2D eigenvalue weighted by Crippen LogP contribution is -2.40. The van der Waals surface area contributed by atoms with E-state index < -0.39 is 0 Å². The number of ether oxygens (including phenoxy) is 1. The fourth-order valence-electron chi connectivity index (χ4n) is 6.05. The van der Waals surface area contributed by atoms with Crippen LogP contribution in [0.3, 0.4) is 0 Å². The van der Waals surface area contributed by atoms with Crippen molar-refractivity contribution in [2.24, 2.45) is 5.92 Å². The van der Waals surface area contributed by atoms with Gasteiger partial charge in [0.05, 0.1) is 18.2 Å². The predicted octanol–water partition coefficient (Wildman–Crippen LogP) is 4.96. The first-order valence-corrected chi connectivity index (χ1v) is 13.8. The zero-order valence-electron chi connectivity index (χ0n) is 21.9. The van der Waals surface area contributed by atoms with Gasteiger partial charge in [-0.3, -0.25) is 9.69 Å². The topological polar surface area (TPSA) is 88.9 Å². The number of fused-ring (bicyclic) bond motifs is 1. The van der Waals surface area contributed by atoms with Crippen LogP contribution in [0.15, 0.2) is 29.1 Å². The summed E-state index contributed by atoms with van der Waals surface area (Å²) in [5.41, 5.74) is 2.89. The highest BCUT2D eigenvalue weighted by molar-refractivity contribution is 5.79. The third-order valence-corrected chi connectivity index (χ3v) is 7.96. The molecule has 194 valence electrons. The van der Waals surface area contributed by atoms with E-state index in [0.717, 1.165) is 67.5 Å². The van der Waals surface area contributed by atoms with Crippen LogP contribution in [-0.4, -0.2) is 49.3 Å². The number of benzene rings is 1. The Labute approximate surface area is 213 Å². The average molecular weight is 493 g/mol. The summed E-state index contributed by atoms with van der Waals surface area (Å²) in [5, 5.41) is 14.3. The van der Waals surface area contributed by atoms with Gasteiger partial charge in [0.25, 0.3) is 5.56 Å². The number of hydrogen-bond acceptors (Lipinski definition) is 6. The molecule has 2 aromatic heterocycles. The minimum absolute atomic E-state index is 0.0109. The number of tetrazole rings is 1. The molecule has 1 N–H and O–H groups in total. The van der Waals surface area contributed by atoms with Crippen LogP contribution in [0, 0.1) is 5.92 Å². The maximum Gasteiger partial charge on any atom is 0.252 e. The Hall–Kier alpha value is -2.58. The van der Waals surface area contributed by atoms with E-state index in [1.165, 1.54) is 24.8 Å². The van der Waals surface area contributed by atoms with E-state index in [-0.39, 0.29) is 23.6 Å². The van der Waals surface area contributed by atoms with E-state index in [1.54, 1.807) is 0 Å². The second-order valence-electron chi connectivity index (χ2n) is 10.9. The Morgan fingerprint density at radius 3 is 2.69 bits per heavy atom. The monoisotopic (exact) mass is 492 g/mol. The minimum Gasteiger partial charge on any atom is -0.377 e. The summed E-state index contributed by atoms with van der Waals surface area (Å²) in [6.45, 7) is 8.70. The first-order chi connectivity index (χ1) is 17.5. The number of nitrogens with one attached hydrogen (secondary N) is 1. The Morgan fingerprint density at radius 2 is 1.97 bits per heavy atom. The smallest absolute Gasteiger partial charge is 0.252 e. The van der Waals surface area contributed by atoms with Gasteiger partial charge < -0.3 is 9.72 Å². The molecule has 2 atom stereocenters. The van der Waals surface area contributed by atoms with Crippen LogP contribution in [0.5, 0.6) is 0 Å². The molecule has 3 heterocycles. The summed E-state index contributed by atoms with van der Waals surface area (Å²) in [4.78, 5) is 18.7. The van der Waals surface area contributed by atoms with Gasteiger partial charge in [-0.15, -0.1) is 5.10 Å². The van der Waals surface area contributed by atoms with Gasteiger partial charge in [0.1, 0.15) is 0 Å². The number of hydrogen-bond donors (Lipinski definition) is 1. The van der Waals surface area contributed by atoms with Crippen molar-refractivity contribution in [3.8, 4) is 0 Å². The Morgan fingerprint density at radius 1 is 1.14 bits per heavy atom. The summed E-state index contributed by atoms with van der Waals surface area (Å²) < 4.78 is 8.15. The first-order valence-electron chi connectivity index (χ1n) is 13.8. The predicted molar refractivity (Wildman–Crippen MR) is 141 cm³/mol. The van der Waals surface area contributed by atoms with E-state index in [2.05, 4.69) is 69.1 Å². The molecule has 1 aliphatic carbocycles. The number of pyridine rings is 1. The van der Waals surface area contributed by atoms with E-state index in [1.807, 2.05) is 6.07 Å². The molecule has 8 heteroatoms. The van der Waals surface area contributed by atoms with Crippen molar-refractivity contribution >= 4 is 10.9 Å². The highest BCUT2D eigenvalue weighted by Crippen LogP contribution is 2.34. The molecule has 1 aliphatic heterocycles. The van der Waals surface area contributed by atoms with Crippen molar-refractivity contribution in [1.29, 1.82) is 0 Å². The van der Waals surface area contributed by atoms with Gasteiger partial charge in [0.2, 0.25) is 0 Å². The van der Waals surface area contributed by atoms with Crippen LogP contribution >= 0.6 is 0 Å². The van der Waals surface area contributed by atoms with E-state index >= 15 is 0 Å². The maximum atomic E-state index is 13.2. The molecule has 2 fully saturated rings. The SMILES string of the molecule is CCc1ccc2[nH]c(=O)c(CN(C[C@@H]3CCCO3)[C@@H](c3nnnn3C3CCCCC3)C(C)C)cc2c1. The molecule has 5 rings (SSSR count). The lowest BCUT2D eigenvalue weighted by molar-refractivity contribution is 0.0375. The van der Waals surface area contributed by atoms with Gasteiger partial charge in [0.15, 0.2) is 5.82 Å². The van der Waals surface area contributed by atoms with Crippen molar-refractivity contribution in [3.05, 3.63) is 51.6 Å². The van der Waals surface area contributed by atoms with Crippen molar-refractivity contribution < 1.29 is 4.74 Å². The minimum atomic E-state index is -0.0292. The standard InChI is InChI=1S/C28H40N6O2/c1-4-20-12-13-25-21(15-20)16-22(28(35)29-25)17-33(18-24-11-8-14-36-24)26(19(2)3)27-30-31-32-34(27)23-9-6-5-7-10-23/h12-13,15-16,19,23-24,26H,4-11,14,17-18H2,1-3H3,(H,29,35)/t24-,26+/m0/s1. The molecule has 1 saturated carbocycles. The van der Waals surface area contributed by atoms with Crippen LogP contribution in [-0.2, 0) is 17.7 Å². The van der Waals surface area contributed by atoms with Crippen LogP contribution in [0.25, 0.3) is 10.9 Å². The van der Waals surface area contributed by atoms with Crippen LogP contribution in [0.1, 0.15) is 94.8 Å². The quantitative estimate of drug-likeness (QED) is 0.454. The van der Waals surface area contributed by atoms with Gasteiger partial charge >= 0.3 is 0 Å². The maximum absolute atomic E-state index is 13.2. The average Bonchev–Trinajstić information content (AvgIpc) is 3.57. The highest BCUT2D eigenvalue weighted by atomic mass is 16.5. The third kappa shape index (κ3) is 5.39. The van der Waals surface area contributed by atoms with Gasteiger partial charge in [0, 0.05) is 30.8 Å². The summed E-state index contributed by atoms with van der Waals surface area (Å²) >= 11 is 0. The molecular formula is C28H40N6O2. The van der Waals surface area contributed by atoms with Crippen LogP contribution < -0.4 is 5.56 Å². The molecule has 0 unspecified atom stereocenters. The summed E-state index contributed by atoms with van der Waals surface area (Å²) in [5.74, 6) is 1.19. The van der Waals surface area contributed by atoms with Gasteiger partial charge in [-0.05, 0) is 77.6 Å². The number of rotatable bonds is 9. The zero-order valence-corrected chi connectivity index (χ0v) is 21.9. The second-order valence-corrected chi connectivity index (χ2v) is 10.9. The number of aromatic amines is 1. The van der Waals surface area contributed by atoms with Crippen molar-refractivity contribution in [3.63, 3.8) is 0 Å². The molecule has 0 amide bonds. The number of aromatic nitrogens is 5. The van der Waals surface area contributed by atoms with Gasteiger partial charge in [-0.1, -0.05) is 46.1 Å². The molecule has 8 nitrogen and oxygen atoms in total. The van der Waals surface area contributed by atoms with Gasteiger partial charge in [-0.2, -0.15) is 0 Å². The summed E-state index contributed by atoms with van der Waals surface area (Å²) in [7, 11) is 0. The number of nitrogens with zero attached hydrogens (tertiary/aromatic N) is 5. The molecule has 0 spiro atoms. The number of aryl methyl sites for hydroxylation is 1. The van der Waals surface area contributed by atoms with Crippen LogP contribution in [0.4, 0.5) is 0 Å². The molecule has 3 aromatic rings. The molecule has 1 saturated heterocycles. The second kappa shape index (κ2) is 11.2. The molecule has 1 aromatic carbocycles. The van der Waals surface area contributed by atoms with Gasteiger partial charge in [-0.25, -0.2) is 4.68 Å². The summed E-state index contributed by atoms with van der Waals surface area (Å²) in [6.07, 6.45) is 9.24. The third-order valence-electron chi connectivity index (χ3n) is 7.96. The fourth-order valence-corrected chi connectivity index (χ4v) is 6.05. The molecule has 0 radical (unpaired) electrons. The molecule has 36 heavy (non-hydrogen) atoms. The Bertz CT molecular complexity index is 1210. The Balaban J connectivity index is 1.51. The normalized spacial score (nSPS) is 20.1. The lowest BCUT2D eigenvalue weighted by Gasteiger charge is -2.36. The summed E-state index contributed by atoms with van der Waals surface area (Å²) in [6, 6.07) is 8.69. The Kier molecular flexibility index (Phi) is 7.82. The number of H-pyrrole nitrogens is 1. The van der Waals surface area contributed by atoms with Crippen LogP contribution in [0.2, 0.25) is 0 Å². The molecule has 2 aliphatic rings. The van der Waals surface area contributed by atoms with E-state index in [4.69, 9.17) is 4.74 Å². The molecule has 0 bridgehead atoms. The first kappa shape index (κ1) is 25.1. The van der Waals surface area contributed by atoms with Crippen molar-refractivity contribution in [1.82, 2.24) is 30.1 Å². The highest BCUT2D eigenvalue weighted by Gasteiger charge is 2.34. The van der Waals surface area contributed by atoms with Crippen molar-refractivity contribution in [2.75, 3.05) is 13.2 Å². The lowest BCUT2D eigenvalue weighted by atomic mass is 9.94. The fraction of sp³-hybridized carbons (Fsp3) is 0.643. The van der Waals surface area contributed by atoms with E-state index in [0.29, 0.717) is 12.6 Å². The van der Waals surface area contributed by atoms with E-state index in [9.17, 15) is 4.79 Å².